The number of para-hydroxylation sites is 1. The fraction of sp³-hybridized carbons (Fsp3) is 0.333. The molecule has 0 bridgehead atoms. The van der Waals surface area contributed by atoms with Crippen molar-refractivity contribution in [3.63, 3.8) is 0 Å². The zero-order chi connectivity index (χ0) is 11.1. The number of rotatable bonds is 4. The molecule has 0 aliphatic carbocycles. The standard InChI is InChI=1S/C12H14BrNO/c1-2-3-4-8-15-12-10(9-14)6-5-7-11(12)13/h5-7H,4,8-9,14H2,1H3. The van der Waals surface area contributed by atoms with Gasteiger partial charge in [0, 0.05) is 18.5 Å². The summed E-state index contributed by atoms with van der Waals surface area (Å²) in [5, 5.41) is 0. The van der Waals surface area contributed by atoms with Gasteiger partial charge in [0.15, 0.2) is 0 Å². The number of hydrogen-bond acceptors (Lipinski definition) is 2. The molecule has 0 saturated heterocycles. The Labute approximate surface area is 98.9 Å². The molecule has 0 fully saturated rings. The highest BCUT2D eigenvalue weighted by Crippen LogP contribution is 2.28. The summed E-state index contributed by atoms with van der Waals surface area (Å²) in [7, 11) is 0. The van der Waals surface area contributed by atoms with E-state index in [-0.39, 0.29) is 0 Å². The van der Waals surface area contributed by atoms with E-state index < -0.39 is 0 Å². The van der Waals surface area contributed by atoms with Crippen molar-refractivity contribution in [2.24, 2.45) is 5.73 Å². The van der Waals surface area contributed by atoms with Crippen LogP contribution >= 0.6 is 15.9 Å². The van der Waals surface area contributed by atoms with Crippen LogP contribution < -0.4 is 10.5 Å². The van der Waals surface area contributed by atoms with E-state index in [4.69, 9.17) is 10.5 Å². The fourth-order valence-electron chi connectivity index (χ4n) is 1.21. The van der Waals surface area contributed by atoms with Crippen LogP contribution in [0, 0.1) is 11.8 Å². The normalized spacial score (nSPS) is 9.27. The van der Waals surface area contributed by atoms with Crippen molar-refractivity contribution < 1.29 is 4.74 Å². The predicted molar refractivity (Wildman–Crippen MR) is 65.6 cm³/mol. The minimum absolute atomic E-state index is 0.480. The van der Waals surface area contributed by atoms with Crippen molar-refractivity contribution in [1.29, 1.82) is 0 Å². The molecule has 2 nitrogen and oxygen atoms in total. The summed E-state index contributed by atoms with van der Waals surface area (Å²) in [5.41, 5.74) is 6.63. The number of hydrogen-bond donors (Lipinski definition) is 1. The monoisotopic (exact) mass is 267 g/mol. The SMILES string of the molecule is CC#CCCOc1c(Br)cccc1CN. The first-order chi connectivity index (χ1) is 7.29. The van der Waals surface area contributed by atoms with Crippen LogP contribution in [0.25, 0.3) is 0 Å². The van der Waals surface area contributed by atoms with E-state index in [2.05, 4.69) is 27.8 Å². The number of ether oxygens (including phenoxy) is 1. The molecule has 1 aromatic rings. The lowest BCUT2D eigenvalue weighted by Gasteiger charge is -2.10. The Morgan fingerprint density at radius 2 is 2.27 bits per heavy atom. The van der Waals surface area contributed by atoms with Gasteiger partial charge in [-0.1, -0.05) is 12.1 Å². The van der Waals surface area contributed by atoms with Gasteiger partial charge in [0.2, 0.25) is 0 Å². The maximum Gasteiger partial charge on any atom is 0.137 e. The molecule has 0 radical (unpaired) electrons. The minimum atomic E-state index is 0.480. The third-order valence-corrected chi connectivity index (χ3v) is 2.54. The van der Waals surface area contributed by atoms with Crippen molar-refractivity contribution >= 4 is 15.9 Å². The smallest absolute Gasteiger partial charge is 0.137 e. The number of halogens is 1. The molecular formula is C12H14BrNO. The molecule has 1 rings (SSSR count). The summed E-state index contributed by atoms with van der Waals surface area (Å²) < 4.78 is 6.57. The Morgan fingerprint density at radius 3 is 2.93 bits per heavy atom. The second-order valence-corrected chi connectivity index (χ2v) is 3.81. The van der Waals surface area contributed by atoms with Gasteiger partial charge in [-0.25, -0.2) is 0 Å². The molecule has 1 aromatic carbocycles. The molecule has 0 spiro atoms. The summed E-state index contributed by atoms with van der Waals surface area (Å²) in [5.74, 6) is 6.62. The summed E-state index contributed by atoms with van der Waals surface area (Å²) in [6.07, 6.45) is 0.738. The molecule has 2 N–H and O–H groups in total. The van der Waals surface area contributed by atoms with Crippen LogP contribution in [0.5, 0.6) is 5.75 Å². The first-order valence-corrected chi connectivity index (χ1v) is 5.58. The maximum atomic E-state index is 5.63. The summed E-state index contributed by atoms with van der Waals surface area (Å²) in [6.45, 7) is 2.90. The van der Waals surface area contributed by atoms with Crippen LogP contribution in [0.1, 0.15) is 18.9 Å². The molecule has 0 atom stereocenters. The Morgan fingerprint density at radius 1 is 1.47 bits per heavy atom. The highest BCUT2D eigenvalue weighted by molar-refractivity contribution is 9.10. The van der Waals surface area contributed by atoms with Gasteiger partial charge in [0.1, 0.15) is 5.75 Å². The summed E-state index contributed by atoms with van der Waals surface area (Å²) in [4.78, 5) is 0. The van der Waals surface area contributed by atoms with Gasteiger partial charge in [0.05, 0.1) is 11.1 Å². The average Bonchev–Trinajstić information content (AvgIpc) is 2.26. The molecule has 0 aliphatic rings. The van der Waals surface area contributed by atoms with E-state index in [9.17, 15) is 0 Å². The summed E-state index contributed by atoms with van der Waals surface area (Å²) in [6, 6.07) is 5.86. The molecule has 0 saturated carbocycles. The summed E-state index contributed by atoms with van der Waals surface area (Å²) >= 11 is 3.44. The van der Waals surface area contributed by atoms with E-state index >= 15 is 0 Å². The van der Waals surface area contributed by atoms with Gasteiger partial charge < -0.3 is 10.5 Å². The van der Waals surface area contributed by atoms with Gasteiger partial charge in [-0.15, -0.1) is 11.8 Å². The lowest BCUT2D eigenvalue weighted by atomic mass is 10.2. The Kier molecular flexibility index (Phi) is 5.23. The highest BCUT2D eigenvalue weighted by atomic mass is 79.9. The van der Waals surface area contributed by atoms with Crippen molar-refractivity contribution in [3.8, 4) is 17.6 Å². The Hall–Kier alpha value is -0.980. The number of nitrogens with two attached hydrogens (primary N) is 1. The van der Waals surface area contributed by atoms with Crippen LogP contribution in [0.2, 0.25) is 0 Å². The lowest BCUT2D eigenvalue weighted by molar-refractivity contribution is 0.322. The molecule has 3 heteroatoms. The van der Waals surface area contributed by atoms with Crippen LogP contribution in [-0.4, -0.2) is 6.61 Å². The third kappa shape index (κ3) is 3.58. The predicted octanol–water partition coefficient (Wildman–Crippen LogP) is 2.70. The topological polar surface area (TPSA) is 35.2 Å². The van der Waals surface area contributed by atoms with Crippen LogP contribution in [0.15, 0.2) is 22.7 Å². The molecule has 0 unspecified atom stereocenters. The minimum Gasteiger partial charge on any atom is -0.491 e. The molecule has 0 heterocycles. The fourth-order valence-corrected chi connectivity index (χ4v) is 1.73. The second kappa shape index (κ2) is 6.49. The highest BCUT2D eigenvalue weighted by Gasteiger charge is 2.05. The molecular weight excluding hydrogens is 254 g/mol. The van der Waals surface area contributed by atoms with Gasteiger partial charge >= 0.3 is 0 Å². The zero-order valence-corrected chi connectivity index (χ0v) is 10.3. The lowest BCUT2D eigenvalue weighted by Crippen LogP contribution is -2.04. The average molecular weight is 268 g/mol. The van der Waals surface area contributed by atoms with Gasteiger partial charge in [-0.3, -0.25) is 0 Å². The third-order valence-electron chi connectivity index (χ3n) is 1.92. The van der Waals surface area contributed by atoms with E-state index in [0.717, 1.165) is 22.2 Å². The van der Waals surface area contributed by atoms with Crippen molar-refractivity contribution in [2.45, 2.75) is 19.9 Å². The second-order valence-electron chi connectivity index (χ2n) is 2.96. The largest absolute Gasteiger partial charge is 0.491 e. The first kappa shape index (κ1) is 12.1. The van der Waals surface area contributed by atoms with Gasteiger partial charge in [-0.05, 0) is 28.9 Å². The maximum absolute atomic E-state index is 5.63. The van der Waals surface area contributed by atoms with Crippen LogP contribution in [0.4, 0.5) is 0 Å². The van der Waals surface area contributed by atoms with Crippen LogP contribution in [-0.2, 0) is 6.54 Å². The number of benzene rings is 1. The quantitative estimate of drug-likeness (QED) is 0.673. The zero-order valence-electron chi connectivity index (χ0n) is 8.72. The Balaban J connectivity index is 2.68. The molecule has 80 valence electrons. The van der Waals surface area contributed by atoms with E-state index in [1.165, 1.54) is 0 Å². The van der Waals surface area contributed by atoms with Crippen molar-refractivity contribution in [1.82, 2.24) is 0 Å². The molecule has 0 aliphatic heterocycles. The van der Waals surface area contributed by atoms with Crippen molar-refractivity contribution in [3.05, 3.63) is 28.2 Å². The van der Waals surface area contributed by atoms with Crippen molar-refractivity contribution in [2.75, 3.05) is 6.61 Å². The van der Waals surface area contributed by atoms with E-state index in [0.29, 0.717) is 13.2 Å². The van der Waals surface area contributed by atoms with E-state index in [1.54, 1.807) is 0 Å². The first-order valence-electron chi connectivity index (χ1n) is 4.79. The molecule has 15 heavy (non-hydrogen) atoms. The molecule has 0 aromatic heterocycles. The Bertz CT molecular complexity index is 379. The van der Waals surface area contributed by atoms with Gasteiger partial charge in [-0.2, -0.15) is 0 Å². The van der Waals surface area contributed by atoms with Crippen LogP contribution in [0.3, 0.4) is 0 Å². The van der Waals surface area contributed by atoms with Gasteiger partial charge in [0.25, 0.3) is 0 Å². The van der Waals surface area contributed by atoms with E-state index in [1.807, 2.05) is 25.1 Å². The molecule has 0 amide bonds.